The van der Waals surface area contributed by atoms with Gasteiger partial charge in [-0.1, -0.05) is 18.2 Å². The Balaban J connectivity index is 1.55. The topological polar surface area (TPSA) is 82.5 Å². The van der Waals surface area contributed by atoms with Gasteiger partial charge in [0, 0.05) is 17.0 Å². The fourth-order valence-corrected chi connectivity index (χ4v) is 4.61. The van der Waals surface area contributed by atoms with Crippen molar-refractivity contribution in [2.24, 2.45) is 11.8 Å². The molecule has 150 valence electrons. The number of phenols is 1. The van der Waals surface area contributed by atoms with Gasteiger partial charge in [-0.25, -0.2) is 4.98 Å². The zero-order valence-corrected chi connectivity index (χ0v) is 16.9. The first-order valence-corrected chi connectivity index (χ1v) is 10.8. The number of anilines is 1. The van der Waals surface area contributed by atoms with Crippen molar-refractivity contribution in [3.63, 3.8) is 0 Å². The van der Waals surface area contributed by atoms with E-state index >= 15 is 0 Å². The quantitative estimate of drug-likeness (QED) is 0.503. The predicted octanol–water partition coefficient (Wildman–Crippen LogP) is 5.49. The highest BCUT2D eigenvalue weighted by Crippen LogP contribution is 2.34. The Morgan fingerprint density at radius 1 is 1.10 bits per heavy atom. The van der Waals surface area contributed by atoms with Gasteiger partial charge in [-0.3, -0.25) is 4.79 Å². The molecule has 0 unspecified atom stereocenters. The number of para-hydroxylation sites is 1. The van der Waals surface area contributed by atoms with E-state index in [0.29, 0.717) is 11.5 Å². The molecule has 1 fully saturated rings. The number of aliphatic carboxylic acids is 1. The molecule has 4 rings (SSSR count). The molecule has 3 aromatic rings. The molecule has 6 heteroatoms. The molecule has 1 aromatic carbocycles. The molecule has 3 N–H and O–H groups in total. The third-order valence-corrected chi connectivity index (χ3v) is 6.50. The minimum absolute atomic E-state index is 0.195. The van der Waals surface area contributed by atoms with Crippen molar-refractivity contribution in [3.05, 3.63) is 53.9 Å². The van der Waals surface area contributed by atoms with E-state index in [9.17, 15) is 9.90 Å². The number of nitrogens with zero attached hydrogens (tertiary/aromatic N) is 1. The van der Waals surface area contributed by atoms with Crippen molar-refractivity contribution in [2.45, 2.75) is 25.7 Å². The number of hydrogen-bond donors (Lipinski definition) is 3. The lowest BCUT2D eigenvalue weighted by Gasteiger charge is -2.26. The summed E-state index contributed by atoms with van der Waals surface area (Å²) in [7, 11) is 0. The second-order valence-corrected chi connectivity index (χ2v) is 8.51. The molecule has 2 aromatic heterocycles. The number of aromatic hydroxyl groups is 1. The van der Waals surface area contributed by atoms with E-state index < -0.39 is 5.97 Å². The highest BCUT2D eigenvalue weighted by Gasteiger charge is 2.25. The average molecular weight is 409 g/mol. The summed E-state index contributed by atoms with van der Waals surface area (Å²) in [5, 5.41) is 24.9. The number of carboxylic acids is 1. The Labute approximate surface area is 174 Å². The number of hydrogen-bond acceptors (Lipinski definition) is 5. The largest absolute Gasteiger partial charge is 0.507 e. The normalized spacial score (nSPS) is 19.0. The van der Waals surface area contributed by atoms with Crippen LogP contribution in [0.25, 0.3) is 21.7 Å². The molecule has 0 spiro atoms. The molecule has 0 amide bonds. The maximum atomic E-state index is 11.1. The molecule has 0 bridgehead atoms. The number of carbonyl (C=O) groups is 1. The molecule has 1 aliphatic rings. The van der Waals surface area contributed by atoms with E-state index in [-0.39, 0.29) is 11.7 Å². The van der Waals surface area contributed by atoms with E-state index in [1.807, 2.05) is 35.7 Å². The summed E-state index contributed by atoms with van der Waals surface area (Å²) < 4.78 is 0. The fourth-order valence-electron chi connectivity index (χ4n) is 3.90. The summed E-state index contributed by atoms with van der Waals surface area (Å²) in [5.74, 6) is 0.565. The lowest BCUT2D eigenvalue weighted by molar-refractivity contribution is -0.143. The first-order valence-electron chi connectivity index (χ1n) is 9.91. The smallest absolute Gasteiger partial charge is 0.306 e. The SMILES string of the molecule is O=C(O)C1CCC(CNc2cc(-c3cccs3)cc(-c3ccccc3O)n2)CC1. The van der Waals surface area contributed by atoms with E-state index in [2.05, 4.69) is 11.4 Å². The molecule has 0 aliphatic heterocycles. The number of thiophene rings is 1. The number of aromatic nitrogens is 1. The number of carboxylic acid groups (broad SMARTS) is 1. The number of nitrogens with one attached hydrogen (secondary N) is 1. The summed E-state index contributed by atoms with van der Waals surface area (Å²) in [4.78, 5) is 17.0. The Kier molecular flexibility index (Phi) is 5.81. The van der Waals surface area contributed by atoms with Gasteiger partial charge >= 0.3 is 5.97 Å². The van der Waals surface area contributed by atoms with Crippen LogP contribution in [0.5, 0.6) is 5.75 Å². The second kappa shape index (κ2) is 8.66. The first-order chi connectivity index (χ1) is 14.1. The Morgan fingerprint density at radius 2 is 1.90 bits per heavy atom. The van der Waals surface area contributed by atoms with Gasteiger partial charge in [-0.2, -0.15) is 0 Å². The summed E-state index contributed by atoms with van der Waals surface area (Å²) in [6.45, 7) is 0.771. The van der Waals surface area contributed by atoms with Crippen LogP contribution in [0.1, 0.15) is 25.7 Å². The van der Waals surface area contributed by atoms with Gasteiger partial charge < -0.3 is 15.5 Å². The van der Waals surface area contributed by atoms with E-state index in [1.165, 1.54) is 0 Å². The predicted molar refractivity (Wildman–Crippen MR) is 116 cm³/mol. The van der Waals surface area contributed by atoms with Gasteiger partial charge in [0.05, 0.1) is 11.6 Å². The van der Waals surface area contributed by atoms with Crippen molar-refractivity contribution in [1.29, 1.82) is 0 Å². The van der Waals surface area contributed by atoms with Crippen molar-refractivity contribution >= 4 is 23.1 Å². The van der Waals surface area contributed by atoms with Gasteiger partial charge in [0.2, 0.25) is 0 Å². The van der Waals surface area contributed by atoms with Crippen LogP contribution in [0, 0.1) is 11.8 Å². The third kappa shape index (κ3) is 4.59. The van der Waals surface area contributed by atoms with Crippen molar-refractivity contribution < 1.29 is 15.0 Å². The van der Waals surface area contributed by atoms with Crippen LogP contribution < -0.4 is 5.32 Å². The van der Waals surface area contributed by atoms with Crippen LogP contribution in [-0.4, -0.2) is 27.7 Å². The summed E-state index contributed by atoms with van der Waals surface area (Å²) >= 11 is 1.67. The van der Waals surface area contributed by atoms with Gasteiger partial charge in [-0.15, -0.1) is 11.3 Å². The van der Waals surface area contributed by atoms with E-state index in [0.717, 1.165) is 54.2 Å². The molecule has 0 saturated heterocycles. The summed E-state index contributed by atoms with van der Waals surface area (Å²) in [5.41, 5.74) is 2.49. The minimum Gasteiger partial charge on any atom is -0.507 e. The van der Waals surface area contributed by atoms with Crippen LogP contribution in [0.15, 0.2) is 53.9 Å². The number of rotatable bonds is 6. The lowest BCUT2D eigenvalue weighted by Crippen LogP contribution is -2.25. The van der Waals surface area contributed by atoms with Gasteiger partial charge in [0.15, 0.2) is 0 Å². The minimum atomic E-state index is -0.672. The zero-order valence-electron chi connectivity index (χ0n) is 16.0. The average Bonchev–Trinajstić information content (AvgIpc) is 3.28. The highest BCUT2D eigenvalue weighted by molar-refractivity contribution is 7.13. The van der Waals surface area contributed by atoms with Crippen LogP contribution in [-0.2, 0) is 4.79 Å². The van der Waals surface area contributed by atoms with Gasteiger partial charge in [-0.05, 0) is 72.9 Å². The van der Waals surface area contributed by atoms with Crippen LogP contribution >= 0.6 is 11.3 Å². The molecule has 1 aliphatic carbocycles. The molecule has 5 nitrogen and oxygen atoms in total. The Morgan fingerprint density at radius 3 is 2.59 bits per heavy atom. The van der Waals surface area contributed by atoms with E-state index in [4.69, 9.17) is 10.1 Å². The molecule has 2 heterocycles. The maximum absolute atomic E-state index is 11.1. The number of pyridine rings is 1. The molecule has 0 atom stereocenters. The third-order valence-electron chi connectivity index (χ3n) is 5.58. The van der Waals surface area contributed by atoms with Gasteiger partial charge in [0.1, 0.15) is 11.6 Å². The Hall–Kier alpha value is -2.86. The van der Waals surface area contributed by atoms with Gasteiger partial charge in [0.25, 0.3) is 0 Å². The number of phenolic OH excluding ortho intramolecular Hbond substituents is 1. The van der Waals surface area contributed by atoms with E-state index in [1.54, 1.807) is 23.5 Å². The molecular formula is C23H24N2O3S. The van der Waals surface area contributed by atoms with Crippen molar-refractivity contribution in [3.8, 4) is 27.4 Å². The monoisotopic (exact) mass is 408 g/mol. The van der Waals surface area contributed by atoms with Crippen molar-refractivity contribution in [1.82, 2.24) is 4.98 Å². The second-order valence-electron chi connectivity index (χ2n) is 7.56. The molecule has 29 heavy (non-hydrogen) atoms. The van der Waals surface area contributed by atoms with Crippen LogP contribution in [0.2, 0.25) is 0 Å². The Bertz CT molecular complexity index is 980. The van der Waals surface area contributed by atoms with Crippen molar-refractivity contribution in [2.75, 3.05) is 11.9 Å². The number of benzene rings is 1. The molecule has 0 radical (unpaired) electrons. The highest BCUT2D eigenvalue weighted by atomic mass is 32.1. The standard InChI is InChI=1S/C23H24N2O3S/c26-20-5-2-1-4-18(20)19-12-17(21-6-3-11-29-21)13-22(25-19)24-14-15-7-9-16(10-8-15)23(27)28/h1-6,11-13,15-16,26H,7-10,14H2,(H,24,25)(H,27,28). The van der Waals surface area contributed by atoms with Crippen LogP contribution in [0.3, 0.4) is 0 Å². The van der Waals surface area contributed by atoms with Crippen LogP contribution in [0.4, 0.5) is 5.82 Å². The zero-order chi connectivity index (χ0) is 20.2. The first kappa shape index (κ1) is 19.5. The molecular weight excluding hydrogens is 384 g/mol. The summed E-state index contributed by atoms with van der Waals surface area (Å²) in [6, 6.07) is 15.4. The fraction of sp³-hybridized carbons (Fsp3) is 0.304. The summed E-state index contributed by atoms with van der Waals surface area (Å²) in [6.07, 6.45) is 3.32. The lowest BCUT2D eigenvalue weighted by atomic mass is 9.82. The maximum Gasteiger partial charge on any atom is 0.306 e. The molecule has 1 saturated carbocycles.